The smallest absolute Gasteiger partial charge is 0.338 e. The van der Waals surface area contributed by atoms with E-state index in [1.165, 1.54) is 14.2 Å². The number of likely N-dealkylation sites (tertiary alicyclic amines) is 1. The normalized spacial score (nSPS) is 15.2. The molecule has 1 aromatic carbocycles. The van der Waals surface area contributed by atoms with Crippen molar-refractivity contribution in [3.05, 3.63) is 23.8 Å². The molecular formula is C17H23NO5. The average Bonchev–Trinajstić information content (AvgIpc) is 2.59. The van der Waals surface area contributed by atoms with E-state index in [2.05, 4.69) is 6.92 Å². The molecule has 0 radical (unpaired) electrons. The zero-order valence-electron chi connectivity index (χ0n) is 13.8. The van der Waals surface area contributed by atoms with Gasteiger partial charge in [-0.1, -0.05) is 6.92 Å². The maximum absolute atomic E-state index is 12.1. The van der Waals surface area contributed by atoms with Crippen LogP contribution < -0.4 is 9.47 Å². The number of carbonyl (C=O) groups is 2. The highest BCUT2D eigenvalue weighted by Crippen LogP contribution is 2.23. The van der Waals surface area contributed by atoms with E-state index < -0.39 is 5.97 Å². The van der Waals surface area contributed by atoms with Gasteiger partial charge in [-0.15, -0.1) is 0 Å². The summed E-state index contributed by atoms with van der Waals surface area (Å²) in [4.78, 5) is 26.0. The molecule has 6 nitrogen and oxygen atoms in total. The molecule has 2 rings (SSSR count). The Labute approximate surface area is 136 Å². The molecule has 1 fully saturated rings. The maximum atomic E-state index is 12.1. The molecule has 23 heavy (non-hydrogen) atoms. The van der Waals surface area contributed by atoms with E-state index in [1.54, 1.807) is 23.1 Å². The zero-order valence-corrected chi connectivity index (χ0v) is 13.8. The molecule has 0 bridgehead atoms. The number of methoxy groups -OCH3 is 2. The summed E-state index contributed by atoms with van der Waals surface area (Å²) in [6.07, 6.45) is 1.99. The van der Waals surface area contributed by atoms with E-state index in [4.69, 9.17) is 14.2 Å². The van der Waals surface area contributed by atoms with Crippen LogP contribution in [-0.4, -0.2) is 50.7 Å². The largest absolute Gasteiger partial charge is 0.497 e. The molecule has 1 aliphatic heterocycles. The first-order valence-electron chi connectivity index (χ1n) is 7.71. The highest BCUT2D eigenvalue weighted by Gasteiger charge is 2.21. The van der Waals surface area contributed by atoms with E-state index in [0.29, 0.717) is 23.0 Å². The fraction of sp³-hybridized carbons (Fsp3) is 0.529. The molecule has 0 unspecified atom stereocenters. The Morgan fingerprint density at radius 2 is 1.65 bits per heavy atom. The number of piperidine rings is 1. The molecule has 1 aromatic rings. The van der Waals surface area contributed by atoms with E-state index in [0.717, 1.165) is 25.9 Å². The molecule has 1 amide bonds. The van der Waals surface area contributed by atoms with Gasteiger partial charge in [0.2, 0.25) is 0 Å². The van der Waals surface area contributed by atoms with Gasteiger partial charge in [0.1, 0.15) is 11.5 Å². The van der Waals surface area contributed by atoms with Gasteiger partial charge in [0, 0.05) is 19.2 Å². The summed E-state index contributed by atoms with van der Waals surface area (Å²) in [5.41, 5.74) is 0.293. The Balaban J connectivity index is 1.93. The van der Waals surface area contributed by atoms with Crippen LogP contribution in [0.3, 0.4) is 0 Å². The first-order valence-corrected chi connectivity index (χ1v) is 7.71. The molecule has 0 aromatic heterocycles. The molecule has 6 heteroatoms. The van der Waals surface area contributed by atoms with Gasteiger partial charge in [0.25, 0.3) is 5.91 Å². The molecule has 0 saturated carbocycles. The Bertz CT molecular complexity index is 542. The minimum absolute atomic E-state index is 0.153. The number of hydrogen-bond donors (Lipinski definition) is 0. The quantitative estimate of drug-likeness (QED) is 0.777. The predicted molar refractivity (Wildman–Crippen MR) is 84.8 cm³/mol. The standard InChI is InChI=1S/C17H23NO5/c1-12-4-6-18(7-5-12)16(19)11-23-17(20)13-8-14(21-2)10-15(9-13)22-3/h8-10,12H,4-7,11H2,1-3H3. The highest BCUT2D eigenvalue weighted by molar-refractivity contribution is 5.92. The van der Waals surface area contributed by atoms with Crippen molar-refractivity contribution in [2.45, 2.75) is 19.8 Å². The lowest BCUT2D eigenvalue weighted by atomic mass is 9.99. The van der Waals surface area contributed by atoms with Crippen molar-refractivity contribution in [1.82, 2.24) is 4.90 Å². The first-order chi connectivity index (χ1) is 11.0. The maximum Gasteiger partial charge on any atom is 0.338 e. The summed E-state index contributed by atoms with van der Waals surface area (Å²) in [6, 6.07) is 4.77. The van der Waals surface area contributed by atoms with E-state index in [1.807, 2.05) is 0 Å². The first kappa shape index (κ1) is 17.1. The molecule has 126 valence electrons. The summed E-state index contributed by atoms with van der Waals surface area (Å²) in [5, 5.41) is 0. The fourth-order valence-corrected chi connectivity index (χ4v) is 2.49. The lowest BCUT2D eigenvalue weighted by Crippen LogP contribution is -2.40. The molecule has 0 atom stereocenters. The minimum Gasteiger partial charge on any atom is -0.497 e. The van der Waals surface area contributed by atoms with Gasteiger partial charge in [-0.3, -0.25) is 4.79 Å². The summed E-state index contributed by atoms with van der Waals surface area (Å²) < 4.78 is 15.4. The van der Waals surface area contributed by atoms with Crippen LogP contribution in [0.1, 0.15) is 30.1 Å². The van der Waals surface area contributed by atoms with Gasteiger partial charge in [0.05, 0.1) is 19.8 Å². The van der Waals surface area contributed by atoms with Crippen LogP contribution in [0.25, 0.3) is 0 Å². The van der Waals surface area contributed by atoms with Crippen LogP contribution in [0, 0.1) is 5.92 Å². The number of esters is 1. The summed E-state index contributed by atoms with van der Waals surface area (Å²) in [7, 11) is 3.01. The van der Waals surface area contributed by atoms with E-state index in [-0.39, 0.29) is 12.5 Å². The van der Waals surface area contributed by atoms with Crippen LogP contribution in [-0.2, 0) is 9.53 Å². The van der Waals surface area contributed by atoms with Crippen LogP contribution >= 0.6 is 0 Å². The van der Waals surface area contributed by atoms with Crippen LogP contribution in [0.15, 0.2) is 18.2 Å². The van der Waals surface area contributed by atoms with Crippen molar-refractivity contribution < 1.29 is 23.8 Å². The number of rotatable bonds is 5. The number of ether oxygens (including phenoxy) is 3. The van der Waals surface area contributed by atoms with E-state index in [9.17, 15) is 9.59 Å². The van der Waals surface area contributed by atoms with E-state index >= 15 is 0 Å². The Hall–Kier alpha value is -2.24. The number of amides is 1. The second-order valence-electron chi connectivity index (χ2n) is 5.74. The number of hydrogen-bond acceptors (Lipinski definition) is 5. The van der Waals surface area contributed by atoms with Gasteiger partial charge in [-0.2, -0.15) is 0 Å². The minimum atomic E-state index is -0.569. The summed E-state index contributed by atoms with van der Waals surface area (Å²) >= 11 is 0. The Morgan fingerprint density at radius 1 is 1.09 bits per heavy atom. The molecule has 0 N–H and O–H groups in total. The van der Waals surface area contributed by atoms with Gasteiger partial charge in [0.15, 0.2) is 6.61 Å². The highest BCUT2D eigenvalue weighted by atomic mass is 16.5. The topological polar surface area (TPSA) is 65.1 Å². The summed E-state index contributed by atoms with van der Waals surface area (Å²) in [5.74, 6) is 0.909. The predicted octanol–water partition coefficient (Wildman–Crippen LogP) is 2.12. The van der Waals surface area contributed by atoms with Crippen molar-refractivity contribution in [3.8, 4) is 11.5 Å². The van der Waals surface area contributed by atoms with Crippen molar-refractivity contribution in [2.24, 2.45) is 5.92 Å². The van der Waals surface area contributed by atoms with Crippen LogP contribution in [0.2, 0.25) is 0 Å². The molecule has 0 spiro atoms. The van der Waals surface area contributed by atoms with Gasteiger partial charge >= 0.3 is 5.97 Å². The second-order valence-corrected chi connectivity index (χ2v) is 5.74. The third-order valence-electron chi connectivity index (χ3n) is 4.05. The van der Waals surface area contributed by atoms with Gasteiger partial charge in [-0.05, 0) is 30.9 Å². The Kier molecular flexibility index (Phi) is 5.84. The second kappa shape index (κ2) is 7.85. The van der Waals surface area contributed by atoms with Crippen molar-refractivity contribution in [3.63, 3.8) is 0 Å². The van der Waals surface area contributed by atoms with Crippen molar-refractivity contribution in [1.29, 1.82) is 0 Å². The fourth-order valence-electron chi connectivity index (χ4n) is 2.49. The molecule has 1 heterocycles. The third-order valence-corrected chi connectivity index (χ3v) is 4.05. The van der Waals surface area contributed by atoms with Crippen LogP contribution in [0.5, 0.6) is 11.5 Å². The lowest BCUT2D eigenvalue weighted by Gasteiger charge is -2.30. The third kappa shape index (κ3) is 4.61. The molecular weight excluding hydrogens is 298 g/mol. The average molecular weight is 321 g/mol. The number of benzene rings is 1. The van der Waals surface area contributed by atoms with Crippen LogP contribution in [0.4, 0.5) is 0 Å². The van der Waals surface area contributed by atoms with Gasteiger partial charge in [-0.25, -0.2) is 4.79 Å². The summed E-state index contributed by atoms with van der Waals surface area (Å²) in [6.45, 7) is 3.39. The SMILES string of the molecule is COc1cc(OC)cc(C(=O)OCC(=O)N2CCC(C)CC2)c1. The molecule has 0 aliphatic carbocycles. The molecule has 1 saturated heterocycles. The lowest BCUT2D eigenvalue weighted by molar-refractivity contribution is -0.135. The monoisotopic (exact) mass is 321 g/mol. The van der Waals surface area contributed by atoms with Crippen molar-refractivity contribution >= 4 is 11.9 Å². The van der Waals surface area contributed by atoms with Gasteiger partial charge < -0.3 is 19.1 Å². The zero-order chi connectivity index (χ0) is 16.8. The van der Waals surface area contributed by atoms with Crippen molar-refractivity contribution in [2.75, 3.05) is 33.9 Å². The number of nitrogens with zero attached hydrogens (tertiary/aromatic N) is 1. The molecule has 1 aliphatic rings. The number of carbonyl (C=O) groups excluding carboxylic acids is 2. The Morgan fingerprint density at radius 3 is 2.17 bits per heavy atom.